The average Bonchev–Trinajstić information content (AvgIpc) is 3.12. The first-order valence-electron chi connectivity index (χ1n) is 7.47. The molecular formula is C18H11F3N4. The van der Waals surface area contributed by atoms with E-state index in [-0.39, 0.29) is 5.82 Å². The molecule has 0 aliphatic rings. The van der Waals surface area contributed by atoms with Crippen LogP contribution in [0.15, 0.2) is 60.7 Å². The molecule has 0 fully saturated rings. The van der Waals surface area contributed by atoms with Gasteiger partial charge in [0.25, 0.3) is 0 Å². The molecule has 0 unspecified atom stereocenters. The fourth-order valence-electron chi connectivity index (χ4n) is 2.62. The number of rotatable bonds is 2. The summed E-state index contributed by atoms with van der Waals surface area (Å²) >= 11 is 0. The van der Waals surface area contributed by atoms with Gasteiger partial charge in [0.1, 0.15) is 5.69 Å². The molecule has 0 saturated carbocycles. The summed E-state index contributed by atoms with van der Waals surface area (Å²) in [6.07, 6.45) is -4.59. The van der Waals surface area contributed by atoms with Crippen molar-refractivity contribution in [1.82, 2.24) is 20.2 Å². The summed E-state index contributed by atoms with van der Waals surface area (Å²) in [4.78, 5) is 8.11. The summed E-state index contributed by atoms with van der Waals surface area (Å²) in [5.74, 6) is -1.22. The number of H-pyrrole nitrogens is 1. The highest BCUT2D eigenvalue weighted by Crippen LogP contribution is 2.31. The number of nitrogens with zero attached hydrogens (tertiary/aromatic N) is 3. The highest BCUT2D eigenvalue weighted by atomic mass is 19.4. The smallest absolute Gasteiger partial charge is 0.255 e. The number of alkyl halides is 3. The molecule has 0 amide bonds. The van der Waals surface area contributed by atoms with E-state index < -0.39 is 12.0 Å². The zero-order chi connectivity index (χ0) is 17.4. The van der Waals surface area contributed by atoms with Gasteiger partial charge in [-0.3, -0.25) is 5.10 Å². The highest BCUT2D eigenvalue weighted by molar-refractivity contribution is 5.95. The number of hydrogen-bond donors (Lipinski definition) is 1. The number of halogens is 3. The predicted octanol–water partition coefficient (Wildman–Crippen LogP) is 4.71. The Hall–Kier alpha value is -3.22. The van der Waals surface area contributed by atoms with E-state index >= 15 is 0 Å². The molecule has 0 aliphatic carbocycles. The first kappa shape index (κ1) is 15.3. The van der Waals surface area contributed by atoms with Crippen LogP contribution in [0.5, 0.6) is 0 Å². The van der Waals surface area contributed by atoms with Gasteiger partial charge < -0.3 is 0 Å². The van der Waals surface area contributed by atoms with Crippen molar-refractivity contribution in [2.75, 3.05) is 0 Å². The molecule has 0 radical (unpaired) electrons. The summed E-state index contributed by atoms with van der Waals surface area (Å²) in [7, 11) is 0. The standard InChI is InChI=1S/C18H11F3N4/c19-18(20,21)17-23-16(24-25-17)15-13-9-5-4-8-12(13)10-14(22-15)11-6-2-1-3-7-11/h1-10H,(H,23,24,25). The molecule has 25 heavy (non-hydrogen) atoms. The van der Waals surface area contributed by atoms with E-state index in [0.717, 1.165) is 10.9 Å². The molecule has 0 atom stereocenters. The van der Waals surface area contributed by atoms with Crippen molar-refractivity contribution in [1.29, 1.82) is 0 Å². The Balaban J connectivity index is 1.94. The molecule has 2 aromatic carbocycles. The zero-order valence-corrected chi connectivity index (χ0v) is 12.7. The molecule has 1 N–H and O–H groups in total. The number of pyridine rings is 1. The van der Waals surface area contributed by atoms with Crippen molar-refractivity contribution in [3.8, 4) is 22.8 Å². The van der Waals surface area contributed by atoms with Crippen LogP contribution in [-0.4, -0.2) is 20.2 Å². The lowest BCUT2D eigenvalue weighted by Crippen LogP contribution is -2.07. The minimum absolute atomic E-state index is 0.0821. The summed E-state index contributed by atoms with van der Waals surface area (Å²) in [6, 6.07) is 18.6. The fourth-order valence-corrected chi connectivity index (χ4v) is 2.62. The van der Waals surface area contributed by atoms with Crippen molar-refractivity contribution in [2.24, 2.45) is 0 Å². The Kier molecular flexibility index (Phi) is 3.49. The van der Waals surface area contributed by atoms with Crippen LogP contribution in [0.4, 0.5) is 13.2 Å². The molecule has 7 heteroatoms. The molecule has 4 aromatic rings. The molecule has 4 nitrogen and oxygen atoms in total. The average molecular weight is 340 g/mol. The largest absolute Gasteiger partial charge is 0.451 e. The van der Waals surface area contributed by atoms with E-state index in [2.05, 4.69) is 15.1 Å². The van der Waals surface area contributed by atoms with E-state index in [1.807, 2.05) is 53.6 Å². The van der Waals surface area contributed by atoms with E-state index in [4.69, 9.17) is 0 Å². The van der Waals surface area contributed by atoms with Crippen molar-refractivity contribution in [3.63, 3.8) is 0 Å². The van der Waals surface area contributed by atoms with Gasteiger partial charge in [0.05, 0.1) is 5.69 Å². The molecule has 0 saturated heterocycles. The third-order valence-electron chi connectivity index (χ3n) is 3.78. The maximum atomic E-state index is 12.8. The van der Waals surface area contributed by atoms with Crippen LogP contribution >= 0.6 is 0 Å². The predicted molar refractivity (Wildman–Crippen MR) is 87.6 cm³/mol. The van der Waals surface area contributed by atoms with Gasteiger partial charge in [0, 0.05) is 10.9 Å². The van der Waals surface area contributed by atoms with Crippen LogP contribution < -0.4 is 0 Å². The summed E-state index contributed by atoms with van der Waals surface area (Å²) in [5, 5.41) is 7.20. The van der Waals surface area contributed by atoms with Gasteiger partial charge in [-0.15, -0.1) is 0 Å². The topological polar surface area (TPSA) is 54.5 Å². The van der Waals surface area contributed by atoms with Gasteiger partial charge in [0.15, 0.2) is 0 Å². The number of aromatic amines is 1. The first-order chi connectivity index (χ1) is 12.0. The fraction of sp³-hybridized carbons (Fsp3) is 0.0556. The number of hydrogen-bond acceptors (Lipinski definition) is 3. The Morgan fingerprint density at radius 2 is 1.56 bits per heavy atom. The van der Waals surface area contributed by atoms with Crippen LogP contribution in [-0.2, 0) is 6.18 Å². The molecular weight excluding hydrogens is 329 g/mol. The van der Waals surface area contributed by atoms with E-state index in [1.54, 1.807) is 12.1 Å². The second-order valence-electron chi connectivity index (χ2n) is 5.45. The molecule has 0 bridgehead atoms. The van der Waals surface area contributed by atoms with Gasteiger partial charge >= 0.3 is 6.18 Å². The van der Waals surface area contributed by atoms with Crippen LogP contribution in [0.1, 0.15) is 5.82 Å². The van der Waals surface area contributed by atoms with Gasteiger partial charge in [-0.05, 0) is 11.5 Å². The van der Waals surface area contributed by atoms with Crippen molar-refractivity contribution < 1.29 is 13.2 Å². The van der Waals surface area contributed by atoms with Crippen LogP contribution in [0.2, 0.25) is 0 Å². The van der Waals surface area contributed by atoms with E-state index in [0.29, 0.717) is 16.8 Å². The van der Waals surface area contributed by atoms with Gasteiger partial charge in [-0.1, -0.05) is 54.6 Å². The minimum atomic E-state index is -4.59. The maximum Gasteiger partial charge on any atom is 0.451 e. The molecule has 0 aliphatic heterocycles. The van der Waals surface area contributed by atoms with Crippen molar-refractivity contribution in [3.05, 3.63) is 66.5 Å². The number of fused-ring (bicyclic) bond motifs is 1. The van der Waals surface area contributed by atoms with Crippen molar-refractivity contribution in [2.45, 2.75) is 6.18 Å². The highest BCUT2D eigenvalue weighted by Gasteiger charge is 2.35. The molecule has 4 rings (SSSR count). The van der Waals surface area contributed by atoms with Crippen LogP contribution in [0.3, 0.4) is 0 Å². The van der Waals surface area contributed by atoms with E-state index in [9.17, 15) is 13.2 Å². The molecule has 2 heterocycles. The summed E-state index contributed by atoms with van der Waals surface area (Å²) in [5.41, 5.74) is 1.82. The third-order valence-corrected chi connectivity index (χ3v) is 3.78. The Labute approximate surface area is 140 Å². The minimum Gasteiger partial charge on any atom is -0.255 e. The Morgan fingerprint density at radius 3 is 2.28 bits per heavy atom. The lowest BCUT2D eigenvalue weighted by atomic mass is 10.0. The number of aromatic nitrogens is 4. The normalized spacial score (nSPS) is 11.8. The number of nitrogens with one attached hydrogen (secondary N) is 1. The quantitative estimate of drug-likeness (QED) is 0.575. The lowest BCUT2D eigenvalue weighted by molar-refractivity contribution is -0.144. The van der Waals surface area contributed by atoms with E-state index in [1.165, 1.54) is 0 Å². The van der Waals surface area contributed by atoms with Crippen LogP contribution in [0, 0.1) is 0 Å². The SMILES string of the molecule is FC(F)(F)c1nc(-c2nc(-c3ccccc3)cc3ccccc23)n[nH]1. The summed E-state index contributed by atoms with van der Waals surface area (Å²) in [6.45, 7) is 0. The van der Waals surface area contributed by atoms with Crippen LogP contribution in [0.25, 0.3) is 33.5 Å². The first-order valence-corrected chi connectivity index (χ1v) is 7.47. The second kappa shape index (κ2) is 5.70. The van der Waals surface area contributed by atoms with Gasteiger partial charge in [-0.25, -0.2) is 9.97 Å². The summed E-state index contributed by atoms with van der Waals surface area (Å²) < 4.78 is 38.5. The zero-order valence-electron chi connectivity index (χ0n) is 12.7. The third kappa shape index (κ3) is 2.84. The molecule has 0 spiro atoms. The van der Waals surface area contributed by atoms with Crippen molar-refractivity contribution >= 4 is 10.8 Å². The monoisotopic (exact) mass is 340 g/mol. The second-order valence-corrected chi connectivity index (χ2v) is 5.45. The maximum absolute atomic E-state index is 12.8. The lowest BCUT2D eigenvalue weighted by Gasteiger charge is -2.07. The molecule has 2 aromatic heterocycles. The Morgan fingerprint density at radius 1 is 0.840 bits per heavy atom. The number of benzene rings is 2. The van der Waals surface area contributed by atoms with Gasteiger partial charge in [0.2, 0.25) is 11.6 Å². The van der Waals surface area contributed by atoms with Gasteiger partial charge in [-0.2, -0.15) is 18.3 Å². The Bertz CT molecular complexity index is 1040. The molecule has 124 valence electrons.